The fourth-order valence-electron chi connectivity index (χ4n) is 1.48. The lowest BCUT2D eigenvalue weighted by Gasteiger charge is -2.01. The molecule has 2 heterocycles. The highest BCUT2D eigenvalue weighted by Crippen LogP contribution is 2.23. The van der Waals surface area contributed by atoms with E-state index < -0.39 is 0 Å². The highest BCUT2D eigenvalue weighted by Gasteiger charge is 2.11. The first kappa shape index (κ1) is 11.5. The zero-order valence-corrected chi connectivity index (χ0v) is 11.1. The van der Waals surface area contributed by atoms with Crippen molar-refractivity contribution in [3.05, 3.63) is 50.4 Å². The predicted molar refractivity (Wildman–Crippen MR) is 69.0 cm³/mol. The van der Waals surface area contributed by atoms with Crippen LogP contribution in [-0.4, -0.2) is 10.8 Å². The van der Waals surface area contributed by atoms with Crippen LogP contribution in [0, 0.1) is 6.92 Å². The van der Waals surface area contributed by atoms with E-state index in [1.807, 2.05) is 25.1 Å². The summed E-state index contributed by atoms with van der Waals surface area (Å²) in [4.78, 5) is 17.2. The Hall–Kier alpha value is -1.000. The number of aryl methyl sites for hydroxylation is 1. The summed E-state index contributed by atoms with van der Waals surface area (Å²) in [5.41, 5.74) is 1.51. The number of aromatic nitrogens is 1. The van der Waals surface area contributed by atoms with Crippen molar-refractivity contribution in [1.29, 1.82) is 0 Å². The molecular formula is C12H10BrNOS. The molecule has 0 fully saturated rings. The zero-order valence-electron chi connectivity index (χ0n) is 8.74. The second kappa shape index (κ2) is 4.89. The number of halogens is 1. The first-order valence-corrected chi connectivity index (χ1v) is 6.47. The third-order valence-corrected chi connectivity index (χ3v) is 3.89. The van der Waals surface area contributed by atoms with E-state index in [2.05, 4.69) is 20.9 Å². The first-order valence-electron chi connectivity index (χ1n) is 4.86. The van der Waals surface area contributed by atoms with Crippen LogP contribution in [0.2, 0.25) is 0 Å². The average Bonchev–Trinajstić information content (AvgIpc) is 2.64. The monoisotopic (exact) mass is 295 g/mol. The molecule has 0 radical (unpaired) electrons. The maximum absolute atomic E-state index is 12.0. The Bertz CT molecular complexity index is 521. The van der Waals surface area contributed by atoms with Gasteiger partial charge in [-0.3, -0.25) is 9.78 Å². The van der Waals surface area contributed by atoms with Gasteiger partial charge in [0.25, 0.3) is 0 Å². The van der Waals surface area contributed by atoms with E-state index in [0.717, 1.165) is 14.4 Å². The molecule has 2 aromatic heterocycles. The fourth-order valence-corrected chi connectivity index (χ4v) is 2.96. The molecule has 0 amide bonds. The van der Waals surface area contributed by atoms with Crippen LogP contribution >= 0.6 is 27.3 Å². The topological polar surface area (TPSA) is 30.0 Å². The van der Waals surface area contributed by atoms with Crippen molar-refractivity contribution in [2.45, 2.75) is 13.3 Å². The summed E-state index contributed by atoms with van der Waals surface area (Å²) in [7, 11) is 0. The number of hydrogen-bond donors (Lipinski definition) is 0. The zero-order chi connectivity index (χ0) is 11.5. The molecule has 0 atom stereocenters. The number of hydrogen-bond acceptors (Lipinski definition) is 3. The van der Waals surface area contributed by atoms with Crippen molar-refractivity contribution in [1.82, 2.24) is 4.98 Å². The van der Waals surface area contributed by atoms with E-state index in [4.69, 9.17) is 0 Å². The molecule has 0 saturated carbocycles. The Morgan fingerprint density at radius 2 is 2.25 bits per heavy atom. The van der Waals surface area contributed by atoms with Crippen LogP contribution in [0.5, 0.6) is 0 Å². The van der Waals surface area contributed by atoms with Crippen LogP contribution in [0.1, 0.15) is 20.9 Å². The molecule has 0 aliphatic rings. The number of ketones is 1. The molecule has 0 saturated heterocycles. The average molecular weight is 296 g/mol. The van der Waals surface area contributed by atoms with Gasteiger partial charge < -0.3 is 0 Å². The van der Waals surface area contributed by atoms with Crippen LogP contribution in [0.15, 0.2) is 34.2 Å². The Kier molecular flexibility index (Phi) is 3.51. The van der Waals surface area contributed by atoms with Crippen molar-refractivity contribution < 1.29 is 4.79 Å². The maximum Gasteiger partial charge on any atom is 0.169 e. The summed E-state index contributed by atoms with van der Waals surface area (Å²) < 4.78 is 1.05. The normalized spacial score (nSPS) is 10.4. The predicted octanol–water partition coefficient (Wildman–Crippen LogP) is 3.64. The standard InChI is InChI=1S/C12H10BrNOS/c1-8-10(3-2-6-14-8)11(15)7-9-4-5-12(13)16-9/h2-6H,7H2,1H3. The summed E-state index contributed by atoms with van der Waals surface area (Å²) in [6.45, 7) is 1.86. The highest BCUT2D eigenvalue weighted by molar-refractivity contribution is 9.11. The van der Waals surface area contributed by atoms with Gasteiger partial charge in [-0.1, -0.05) is 0 Å². The van der Waals surface area contributed by atoms with Gasteiger partial charge in [0.05, 0.1) is 3.79 Å². The van der Waals surface area contributed by atoms with E-state index in [0.29, 0.717) is 12.0 Å². The minimum atomic E-state index is 0.125. The van der Waals surface area contributed by atoms with E-state index in [-0.39, 0.29) is 5.78 Å². The summed E-state index contributed by atoms with van der Waals surface area (Å²) in [5, 5.41) is 0. The number of Topliss-reactive ketones (excluding diaryl/α,β-unsaturated/α-hetero) is 1. The van der Waals surface area contributed by atoms with Crippen LogP contribution in [0.4, 0.5) is 0 Å². The van der Waals surface area contributed by atoms with E-state index in [1.54, 1.807) is 23.6 Å². The van der Waals surface area contributed by atoms with Crippen molar-refractivity contribution in [3.8, 4) is 0 Å². The molecule has 0 spiro atoms. The first-order chi connectivity index (χ1) is 7.66. The number of rotatable bonds is 3. The lowest BCUT2D eigenvalue weighted by atomic mass is 10.1. The largest absolute Gasteiger partial charge is 0.294 e. The van der Waals surface area contributed by atoms with Crippen molar-refractivity contribution in [2.24, 2.45) is 0 Å². The van der Waals surface area contributed by atoms with Gasteiger partial charge in [0.2, 0.25) is 0 Å². The van der Waals surface area contributed by atoms with Gasteiger partial charge in [-0.2, -0.15) is 0 Å². The Labute approximate surface area is 106 Å². The van der Waals surface area contributed by atoms with Gasteiger partial charge in [-0.05, 0) is 47.1 Å². The molecule has 0 N–H and O–H groups in total. The van der Waals surface area contributed by atoms with Gasteiger partial charge in [0.15, 0.2) is 5.78 Å². The molecule has 0 aliphatic heterocycles. The summed E-state index contributed by atoms with van der Waals surface area (Å²) in [6, 6.07) is 7.56. The molecule has 0 aliphatic carbocycles. The fraction of sp³-hybridized carbons (Fsp3) is 0.167. The van der Waals surface area contributed by atoms with Crippen LogP contribution < -0.4 is 0 Å². The van der Waals surface area contributed by atoms with Crippen molar-refractivity contribution in [3.63, 3.8) is 0 Å². The second-order valence-electron chi connectivity index (χ2n) is 3.44. The quantitative estimate of drug-likeness (QED) is 0.809. The molecular weight excluding hydrogens is 286 g/mol. The highest BCUT2D eigenvalue weighted by atomic mass is 79.9. The van der Waals surface area contributed by atoms with Crippen molar-refractivity contribution in [2.75, 3.05) is 0 Å². The number of carbonyl (C=O) groups excluding carboxylic acids is 1. The number of carbonyl (C=O) groups is 1. The smallest absolute Gasteiger partial charge is 0.169 e. The van der Waals surface area contributed by atoms with Gasteiger partial charge in [-0.25, -0.2) is 0 Å². The summed E-state index contributed by atoms with van der Waals surface area (Å²) in [6.07, 6.45) is 2.15. The SMILES string of the molecule is Cc1ncccc1C(=O)Cc1ccc(Br)s1. The summed E-state index contributed by atoms with van der Waals surface area (Å²) >= 11 is 4.98. The molecule has 2 nitrogen and oxygen atoms in total. The lowest BCUT2D eigenvalue weighted by molar-refractivity contribution is 0.0993. The molecule has 4 heteroatoms. The Balaban J connectivity index is 2.18. The van der Waals surface area contributed by atoms with E-state index >= 15 is 0 Å². The van der Waals surface area contributed by atoms with Crippen LogP contribution in [-0.2, 0) is 6.42 Å². The number of thiophene rings is 1. The minimum Gasteiger partial charge on any atom is -0.294 e. The Morgan fingerprint density at radius 1 is 1.44 bits per heavy atom. The lowest BCUT2D eigenvalue weighted by Crippen LogP contribution is -2.05. The Morgan fingerprint density at radius 3 is 2.88 bits per heavy atom. The molecule has 0 aromatic carbocycles. The molecule has 2 rings (SSSR count). The van der Waals surface area contributed by atoms with Crippen molar-refractivity contribution >= 4 is 33.0 Å². The van der Waals surface area contributed by atoms with Gasteiger partial charge >= 0.3 is 0 Å². The maximum atomic E-state index is 12.0. The van der Waals surface area contributed by atoms with E-state index in [1.165, 1.54) is 0 Å². The third-order valence-electron chi connectivity index (χ3n) is 2.27. The molecule has 2 aromatic rings. The minimum absolute atomic E-state index is 0.125. The second-order valence-corrected chi connectivity index (χ2v) is 5.99. The third kappa shape index (κ3) is 2.57. The van der Waals surface area contributed by atoms with Gasteiger partial charge in [0.1, 0.15) is 0 Å². The summed E-state index contributed by atoms with van der Waals surface area (Å²) in [5.74, 6) is 0.125. The van der Waals surface area contributed by atoms with Crippen LogP contribution in [0.3, 0.4) is 0 Å². The number of pyridine rings is 1. The van der Waals surface area contributed by atoms with E-state index in [9.17, 15) is 4.79 Å². The van der Waals surface area contributed by atoms with Crippen LogP contribution in [0.25, 0.3) is 0 Å². The molecule has 0 unspecified atom stereocenters. The molecule has 0 bridgehead atoms. The van der Waals surface area contributed by atoms with Gasteiger partial charge in [-0.15, -0.1) is 11.3 Å². The van der Waals surface area contributed by atoms with Gasteiger partial charge in [0, 0.05) is 28.8 Å². The molecule has 82 valence electrons. The molecule has 16 heavy (non-hydrogen) atoms. The number of nitrogens with zero attached hydrogens (tertiary/aromatic N) is 1.